The number of amides is 2. The Bertz CT molecular complexity index is 673. The molecule has 0 aromatic heterocycles. The highest BCUT2D eigenvalue weighted by molar-refractivity contribution is 5.89. The van der Waals surface area contributed by atoms with Crippen molar-refractivity contribution in [1.29, 1.82) is 0 Å². The second-order valence-electron chi connectivity index (χ2n) is 6.22. The number of rotatable bonds is 4. The lowest BCUT2D eigenvalue weighted by molar-refractivity contribution is -0.119. The SMILES string of the molecule is CC(=O)NC[C@H]1CN(c2ccc(C3CC(F)(F)C3)c(F)c2)C(=O)O1. The summed E-state index contributed by atoms with van der Waals surface area (Å²) in [6.07, 6.45) is -1.86. The number of ether oxygens (including phenoxy) is 1. The maximum absolute atomic E-state index is 14.2. The zero-order valence-electron chi connectivity index (χ0n) is 13.0. The maximum Gasteiger partial charge on any atom is 0.414 e. The lowest BCUT2D eigenvalue weighted by atomic mass is 9.76. The molecule has 5 nitrogen and oxygen atoms in total. The summed E-state index contributed by atoms with van der Waals surface area (Å²) in [5, 5.41) is 2.55. The second-order valence-corrected chi connectivity index (χ2v) is 6.22. The molecule has 8 heteroatoms. The van der Waals surface area contributed by atoms with Gasteiger partial charge in [0.25, 0.3) is 0 Å². The summed E-state index contributed by atoms with van der Waals surface area (Å²) in [6.45, 7) is 1.71. The summed E-state index contributed by atoms with van der Waals surface area (Å²) < 4.78 is 45.2. The Morgan fingerprint density at radius 1 is 1.42 bits per heavy atom. The molecule has 2 amide bonds. The molecule has 1 atom stereocenters. The number of anilines is 1. The molecule has 24 heavy (non-hydrogen) atoms. The number of carbonyl (C=O) groups excluding carboxylic acids is 2. The van der Waals surface area contributed by atoms with Gasteiger partial charge in [-0.25, -0.2) is 18.0 Å². The zero-order valence-corrected chi connectivity index (χ0v) is 13.0. The van der Waals surface area contributed by atoms with Crippen LogP contribution in [-0.4, -0.2) is 37.1 Å². The zero-order chi connectivity index (χ0) is 17.5. The molecule has 1 aromatic rings. The minimum absolute atomic E-state index is 0.176. The van der Waals surface area contributed by atoms with Crippen LogP contribution in [0.15, 0.2) is 18.2 Å². The van der Waals surface area contributed by atoms with E-state index < -0.39 is 29.9 Å². The van der Waals surface area contributed by atoms with Gasteiger partial charge in [0.15, 0.2) is 0 Å². The molecule has 1 saturated heterocycles. The van der Waals surface area contributed by atoms with Crippen molar-refractivity contribution in [3.63, 3.8) is 0 Å². The Hall–Kier alpha value is -2.25. The monoisotopic (exact) mass is 342 g/mol. The van der Waals surface area contributed by atoms with Gasteiger partial charge < -0.3 is 10.1 Å². The van der Waals surface area contributed by atoms with Gasteiger partial charge in [0.1, 0.15) is 11.9 Å². The Kier molecular flexibility index (Phi) is 4.15. The topological polar surface area (TPSA) is 58.6 Å². The molecule has 1 aliphatic carbocycles. The van der Waals surface area contributed by atoms with Gasteiger partial charge in [0.05, 0.1) is 18.8 Å². The first-order chi connectivity index (χ1) is 11.2. The highest BCUT2D eigenvalue weighted by Gasteiger charge is 2.46. The van der Waals surface area contributed by atoms with E-state index in [4.69, 9.17) is 4.74 Å². The summed E-state index contributed by atoms with van der Waals surface area (Å²) in [6, 6.07) is 4.13. The van der Waals surface area contributed by atoms with E-state index in [0.717, 1.165) is 6.07 Å². The van der Waals surface area contributed by atoms with Crippen LogP contribution in [0.5, 0.6) is 0 Å². The third-order valence-corrected chi connectivity index (χ3v) is 4.28. The fourth-order valence-electron chi connectivity index (χ4n) is 2.99. The molecule has 0 radical (unpaired) electrons. The van der Waals surface area contributed by atoms with E-state index in [1.54, 1.807) is 0 Å². The van der Waals surface area contributed by atoms with Crippen LogP contribution in [0, 0.1) is 5.82 Å². The molecule has 1 saturated carbocycles. The number of nitrogens with zero attached hydrogens (tertiary/aromatic N) is 1. The van der Waals surface area contributed by atoms with Crippen molar-refractivity contribution < 1.29 is 27.5 Å². The van der Waals surface area contributed by atoms with Crippen molar-refractivity contribution in [3.05, 3.63) is 29.6 Å². The molecule has 3 rings (SSSR count). The summed E-state index contributed by atoms with van der Waals surface area (Å²) >= 11 is 0. The average Bonchev–Trinajstić information content (AvgIpc) is 2.83. The van der Waals surface area contributed by atoms with E-state index >= 15 is 0 Å². The maximum atomic E-state index is 14.2. The van der Waals surface area contributed by atoms with E-state index in [-0.39, 0.29) is 37.4 Å². The van der Waals surface area contributed by atoms with Crippen molar-refractivity contribution in [2.45, 2.75) is 37.7 Å². The molecular weight excluding hydrogens is 325 g/mol. The van der Waals surface area contributed by atoms with Gasteiger partial charge in [-0.2, -0.15) is 0 Å². The van der Waals surface area contributed by atoms with Gasteiger partial charge in [-0.05, 0) is 23.6 Å². The number of halogens is 3. The molecule has 0 unspecified atom stereocenters. The quantitative estimate of drug-likeness (QED) is 0.915. The minimum Gasteiger partial charge on any atom is -0.442 e. The van der Waals surface area contributed by atoms with Crippen LogP contribution in [0.4, 0.5) is 23.7 Å². The van der Waals surface area contributed by atoms with E-state index in [2.05, 4.69) is 5.32 Å². The van der Waals surface area contributed by atoms with Crippen LogP contribution in [0.3, 0.4) is 0 Å². The fourth-order valence-corrected chi connectivity index (χ4v) is 2.99. The third-order valence-electron chi connectivity index (χ3n) is 4.28. The second kappa shape index (κ2) is 5.99. The minimum atomic E-state index is -2.72. The lowest BCUT2D eigenvalue weighted by Gasteiger charge is -2.35. The van der Waals surface area contributed by atoms with Crippen molar-refractivity contribution >= 4 is 17.7 Å². The fraction of sp³-hybridized carbons (Fsp3) is 0.500. The molecule has 1 aliphatic heterocycles. The van der Waals surface area contributed by atoms with Crippen LogP contribution in [0.2, 0.25) is 0 Å². The van der Waals surface area contributed by atoms with E-state index in [9.17, 15) is 22.8 Å². The lowest BCUT2D eigenvalue weighted by Crippen LogP contribution is -2.34. The number of cyclic esters (lactones) is 1. The molecule has 1 aromatic carbocycles. The van der Waals surface area contributed by atoms with Gasteiger partial charge in [-0.15, -0.1) is 0 Å². The van der Waals surface area contributed by atoms with Gasteiger partial charge in [-0.3, -0.25) is 9.69 Å². The molecule has 2 fully saturated rings. The Morgan fingerprint density at radius 2 is 2.12 bits per heavy atom. The largest absolute Gasteiger partial charge is 0.442 e. The first kappa shape index (κ1) is 16.6. The van der Waals surface area contributed by atoms with Crippen LogP contribution in [-0.2, 0) is 9.53 Å². The van der Waals surface area contributed by atoms with Crippen LogP contribution in [0.25, 0.3) is 0 Å². The predicted molar refractivity (Wildman–Crippen MR) is 79.6 cm³/mol. The highest BCUT2D eigenvalue weighted by Crippen LogP contribution is 2.49. The van der Waals surface area contributed by atoms with Crippen LogP contribution < -0.4 is 10.2 Å². The molecule has 130 valence electrons. The molecule has 0 bridgehead atoms. The van der Waals surface area contributed by atoms with Crippen molar-refractivity contribution in [2.24, 2.45) is 0 Å². The number of hydrogen-bond acceptors (Lipinski definition) is 3. The average molecular weight is 342 g/mol. The normalized spacial score (nSPS) is 22.9. The van der Waals surface area contributed by atoms with Crippen molar-refractivity contribution in [1.82, 2.24) is 5.32 Å². The Balaban J connectivity index is 1.68. The first-order valence-corrected chi connectivity index (χ1v) is 7.65. The van der Waals surface area contributed by atoms with E-state index in [0.29, 0.717) is 5.69 Å². The van der Waals surface area contributed by atoms with Crippen LogP contribution >= 0.6 is 0 Å². The molecule has 0 spiro atoms. The van der Waals surface area contributed by atoms with Crippen LogP contribution in [0.1, 0.15) is 31.2 Å². The van der Waals surface area contributed by atoms with Gasteiger partial charge in [0.2, 0.25) is 11.8 Å². The predicted octanol–water partition coefficient (Wildman–Crippen LogP) is 2.80. The first-order valence-electron chi connectivity index (χ1n) is 7.65. The molecule has 2 aliphatic rings. The molecule has 1 heterocycles. The highest BCUT2D eigenvalue weighted by atomic mass is 19.3. The molecular formula is C16H17F3N2O3. The smallest absolute Gasteiger partial charge is 0.414 e. The summed E-state index contributed by atoms with van der Waals surface area (Å²) in [5.41, 5.74) is 0.546. The Labute approximate surface area is 136 Å². The third kappa shape index (κ3) is 3.32. The number of nitrogens with one attached hydrogen (secondary N) is 1. The Morgan fingerprint density at radius 3 is 2.71 bits per heavy atom. The summed E-state index contributed by atoms with van der Waals surface area (Å²) in [4.78, 5) is 24.0. The number of hydrogen-bond donors (Lipinski definition) is 1. The number of carbonyl (C=O) groups is 2. The van der Waals surface area contributed by atoms with Crippen molar-refractivity contribution in [2.75, 3.05) is 18.0 Å². The van der Waals surface area contributed by atoms with Gasteiger partial charge in [-0.1, -0.05) is 6.07 Å². The van der Waals surface area contributed by atoms with Gasteiger partial charge in [0, 0.05) is 19.8 Å². The van der Waals surface area contributed by atoms with Crippen molar-refractivity contribution in [3.8, 4) is 0 Å². The summed E-state index contributed by atoms with van der Waals surface area (Å²) in [7, 11) is 0. The van der Waals surface area contributed by atoms with Gasteiger partial charge >= 0.3 is 6.09 Å². The van der Waals surface area contributed by atoms with E-state index in [1.165, 1.54) is 24.0 Å². The van der Waals surface area contributed by atoms with E-state index in [1.807, 2.05) is 0 Å². The summed E-state index contributed by atoms with van der Waals surface area (Å²) in [5.74, 6) is -4.05. The standard InChI is InChI=1S/C16H17F3N2O3/c1-9(22)20-7-12-8-21(15(23)24-12)11-2-3-13(14(17)4-11)10-5-16(18,19)6-10/h2-4,10,12H,5-8H2,1H3,(H,20,22)/t12-/m0/s1. The number of benzene rings is 1. The molecule has 1 N–H and O–H groups in total. The number of alkyl halides is 2.